The van der Waals surface area contributed by atoms with Crippen LogP contribution >= 0.6 is 0 Å². The number of hydrogen-bond acceptors (Lipinski definition) is 5. The zero-order valence-electron chi connectivity index (χ0n) is 19.7. The summed E-state index contributed by atoms with van der Waals surface area (Å²) in [5.74, 6) is -1.45. The lowest BCUT2D eigenvalue weighted by Gasteiger charge is -2.26. The van der Waals surface area contributed by atoms with Gasteiger partial charge >= 0.3 is 12.1 Å². The van der Waals surface area contributed by atoms with E-state index in [1.54, 1.807) is 0 Å². The Morgan fingerprint density at radius 3 is 2.26 bits per heavy atom. The molecule has 0 saturated carbocycles. The molecule has 2 N–H and O–H groups in total. The molecule has 3 aromatic rings. The van der Waals surface area contributed by atoms with E-state index in [0.717, 1.165) is 22.3 Å². The zero-order valence-corrected chi connectivity index (χ0v) is 19.7. The molecule has 1 aliphatic carbocycles. The van der Waals surface area contributed by atoms with E-state index in [2.05, 4.69) is 17.4 Å². The van der Waals surface area contributed by atoms with Crippen molar-refractivity contribution in [3.63, 3.8) is 0 Å². The third-order valence-electron chi connectivity index (χ3n) is 6.11. The van der Waals surface area contributed by atoms with Gasteiger partial charge < -0.3 is 19.2 Å². The molecule has 35 heavy (non-hydrogen) atoms. The summed E-state index contributed by atoms with van der Waals surface area (Å²) in [5.41, 5.74) is 4.69. The van der Waals surface area contributed by atoms with Gasteiger partial charge in [0.1, 0.15) is 6.61 Å². The van der Waals surface area contributed by atoms with Crippen LogP contribution in [0, 0.1) is 0 Å². The fraction of sp³-hybridized carbons (Fsp3) is 0.296. The number of anilines is 1. The maximum absolute atomic E-state index is 13.1. The Balaban J connectivity index is 1.42. The van der Waals surface area contributed by atoms with Crippen LogP contribution in [-0.2, 0) is 9.53 Å². The molecule has 0 bridgehead atoms. The Labute approximate surface area is 203 Å². The highest BCUT2D eigenvalue weighted by Crippen LogP contribution is 2.44. The summed E-state index contributed by atoms with van der Waals surface area (Å²) in [6, 6.07) is 17.4. The summed E-state index contributed by atoms with van der Waals surface area (Å²) in [6.45, 7) is 4.07. The van der Waals surface area contributed by atoms with Crippen molar-refractivity contribution < 1.29 is 28.6 Å². The highest BCUT2D eigenvalue weighted by Gasteiger charge is 2.30. The van der Waals surface area contributed by atoms with Gasteiger partial charge in [0.25, 0.3) is 5.91 Å². The second-order valence-corrected chi connectivity index (χ2v) is 8.70. The molecule has 0 unspecified atom stereocenters. The molecule has 0 fully saturated rings. The second kappa shape index (κ2) is 10.5. The summed E-state index contributed by atoms with van der Waals surface area (Å²) < 4.78 is 10.9. The molecule has 0 radical (unpaired) electrons. The summed E-state index contributed by atoms with van der Waals surface area (Å²) >= 11 is 0. The molecule has 182 valence electrons. The summed E-state index contributed by atoms with van der Waals surface area (Å²) in [4.78, 5) is 38.1. The zero-order chi connectivity index (χ0) is 24.9. The number of rotatable bonds is 9. The van der Waals surface area contributed by atoms with Crippen LogP contribution in [0.4, 0.5) is 10.5 Å². The number of benzene rings is 2. The number of nitrogens with zero attached hydrogens (tertiary/aromatic N) is 1. The van der Waals surface area contributed by atoms with Gasteiger partial charge in [-0.3, -0.25) is 14.9 Å². The van der Waals surface area contributed by atoms with Crippen molar-refractivity contribution >= 4 is 23.7 Å². The largest absolute Gasteiger partial charge is 0.481 e. The Hall–Kier alpha value is -4.07. The lowest BCUT2D eigenvalue weighted by Crippen LogP contribution is -2.38. The van der Waals surface area contributed by atoms with Gasteiger partial charge in [0.2, 0.25) is 5.76 Å². The predicted octanol–water partition coefficient (Wildman–Crippen LogP) is 5.36. The van der Waals surface area contributed by atoms with Crippen LogP contribution in [0.25, 0.3) is 11.1 Å². The van der Waals surface area contributed by atoms with E-state index in [1.165, 1.54) is 17.2 Å². The van der Waals surface area contributed by atoms with E-state index >= 15 is 0 Å². The number of hydrogen-bond donors (Lipinski definition) is 2. The number of nitrogens with one attached hydrogen (secondary N) is 1. The molecular formula is C27H28N2O6. The standard InChI is InChI=1S/C27H28N2O6/c1-17(2)29(14-7-12-24(30)31)26(32)25-23(13-15-34-25)28-27(33)35-16-22-20-10-5-3-8-18(20)19-9-4-6-11-21(19)22/h3-6,8-11,13,15,17,22H,7,12,14,16H2,1-2H3,(H,28,33)(H,30,31). The average molecular weight is 477 g/mol. The molecule has 1 aliphatic rings. The highest BCUT2D eigenvalue weighted by atomic mass is 16.5. The first-order chi connectivity index (χ1) is 16.9. The monoisotopic (exact) mass is 476 g/mol. The van der Waals surface area contributed by atoms with Gasteiger partial charge in [-0.25, -0.2) is 4.79 Å². The maximum Gasteiger partial charge on any atom is 0.411 e. The Morgan fingerprint density at radius 2 is 1.66 bits per heavy atom. The van der Waals surface area contributed by atoms with E-state index in [0.29, 0.717) is 6.42 Å². The Kier molecular flexibility index (Phi) is 7.19. The number of carboxylic acids is 1. The van der Waals surface area contributed by atoms with E-state index in [9.17, 15) is 14.4 Å². The molecule has 0 aliphatic heterocycles. The number of carboxylic acid groups (broad SMARTS) is 1. The number of carbonyl (C=O) groups excluding carboxylic acids is 2. The fourth-order valence-electron chi connectivity index (χ4n) is 4.44. The van der Waals surface area contributed by atoms with E-state index in [4.69, 9.17) is 14.3 Å². The molecule has 8 heteroatoms. The predicted molar refractivity (Wildman–Crippen MR) is 130 cm³/mol. The van der Waals surface area contributed by atoms with Crippen molar-refractivity contribution in [3.05, 3.63) is 77.7 Å². The van der Waals surface area contributed by atoms with Crippen LogP contribution in [0.15, 0.2) is 65.3 Å². The van der Waals surface area contributed by atoms with Crippen molar-refractivity contribution in [2.24, 2.45) is 0 Å². The molecular weight excluding hydrogens is 448 g/mol. The van der Waals surface area contributed by atoms with Gasteiger partial charge in [0.05, 0.1) is 12.0 Å². The van der Waals surface area contributed by atoms with Gasteiger partial charge in [0.15, 0.2) is 0 Å². The quantitative estimate of drug-likeness (QED) is 0.431. The molecule has 4 rings (SSSR count). The van der Waals surface area contributed by atoms with Crippen LogP contribution in [0.5, 0.6) is 0 Å². The topological polar surface area (TPSA) is 109 Å². The highest BCUT2D eigenvalue weighted by molar-refractivity contribution is 6.00. The lowest BCUT2D eigenvalue weighted by molar-refractivity contribution is -0.137. The Morgan fingerprint density at radius 1 is 1.03 bits per heavy atom. The van der Waals surface area contributed by atoms with Crippen LogP contribution in [0.1, 0.15) is 54.3 Å². The second-order valence-electron chi connectivity index (χ2n) is 8.70. The molecule has 8 nitrogen and oxygen atoms in total. The van der Waals surface area contributed by atoms with Gasteiger partial charge in [-0.15, -0.1) is 0 Å². The van der Waals surface area contributed by atoms with Crippen molar-refractivity contribution in [2.45, 2.75) is 38.6 Å². The SMILES string of the molecule is CC(C)N(CCCC(=O)O)C(=O)c1occc1NC(=O)OCC1c2ccccc2-c2ccccc21. The lowest BCUT2D eigenvalue weighted by atomic mass is 9.98. The first-order valence-corrected chi connectivity index (χ1v) is 11.6. The minimum absolute atomic E-state index is 0.0254. The van der Waals surface area contributed by atoms with Crippen molar-refractivity contribution in [1.29, 1.82) is 0 Å². The van der Waals surface area contributed by atoms with Gasteiger partial charge in [0, 0.05) is 31.0 Å². The van der Waals surface area contributed by atoms with E-state index < -0.39 is 18.0 Å². The summed E-state index contributed by atoms with van der Waals surface area (Å²) in [6.07, 6.45) is 0.903. The Bertz CT molecular complexity index is 1190. The first-order valence-electron chi connectivity index (χ1n) is 11.6. The number of furan rings is 1. The molecule has 0 saturated heterocycles. The molecule has 2 aromatic carbocycles. The summed E-state index contributed by atoms with van der Waals surface area (Å²) in [5, 5.41) is 11.5. The van der Waals surface area contributed by atoms with Crippen molar-refractivity contribution in [2.75, 3.05) is 18.5 Å². The number of amides is 2. The van der Waals surface area contributed by atoms with E-state index in [-0.39, 0.29) is 43.0 Å². The molecule has 2 amide bonds. The summed E-state index contributed by atoms with van der Waals surface area (Å²) in [7, 11) is 0. The number of aliphatic carboxylic acids is 1. The smallest absolute Gasteiger partial charge is 0.411 e. The number of ether oxygens (including phenoxy) is 1. The van der Waals surface area contributed by atoms with Crippen LogP contribution in [0.2, 0.25) is 0 Å². The first kappa shape index (κ1) is 24.1. The molecule has 1 heterocycles. The molecule has 1 aromatic heterocycles. The molecule has 0 atom stereocenters. The van der Waals surface area contributed by atoms with Gasteiger partial charge in [-0.05, 0) is 42.5 Å². The number of carbonyl (C=O) groups is 3. The average Bonchev–Trinajstić information content (AvgIpc) is 3.42. The van der Waals surface area contributed by atoms with Crippen LogP contribution < -0.4 is 5.32 Å². The van der Waals surface area contributed by atoms with Crippen LogP contribution in [0.3, 0.4) is 0 Å². The van der Waals surface area contributed by atoms with Crippen molar-refractivity contribution in [3.8, 4) is 11.1 Å². The minimum Gasteiger partial charge on any atom is -0.481 e. The minimum atomic E-state index is -0.920. The van der Waals surface area contributed by atoms with Gasteiger partial charge in [-0.2, -0.15) is 0 Å². The van der Waals surface area contributed by atoms with Gasteiger partial charge in [-0.1, -0.05) is 48.5 Å². The normalized spacial score (nSPS) is 12.2. The fourth-order valence-corrected chi connectivity index (χ4v) is 4.44. The van der Waals surface area contributed by atoms with E-state index in [1.807, 2.05) is 50.2 Å². The van der Waals surface area contributed by atoms with Crippen LogP contribution in [-0.4, -0.2) is 47.2 Å². The third-order valence-corrected chi connectivity index (χ3v) is 6.11. The molecule has 0 spiro atoms. The van der Waals surface area contributed by atoms with Crippen molar-refractivity contribution in [1.82, 2.24) is 4.90 Å². The maximum atomic E-state index is 13.1. The third kappa shape index (κ3) is 5.21. The number of fused-ring (bicyclic) bond motifs is 3.